The summed E-state index contributed by atoms with van der Waals surface area (Å²) in [6.07, 6.45) is 0. The Labute approximate surface area is 104 Å². The fraction of sp³-hybridized carbons (Fsp3) is 0.0625. The molecule has 0 aliphatic carbocycles. The van der Waals surface area contributed by atoms with Crippen molar-refractivity contribution in [3.63, 3.8) is 0 Å². The van der Waals surface area contributed by atoms with Gasteiger partial charge in [-0.15, -0.1) is 0 Å². The molecule has 2 heteroatoms. The van der Waals surface area contributed by atoms with Crippen molar-refractivity contribution in [3.05, 3.63) is 54.1 Å². The van der Waals surface area contributed by atoms with E-state index in [0.29, 0.717) is 5.71 Å². The predicted octanol–water partition coefficient (Wildman–Crippen LogP) is 4.44. The number of fused-ring (bicyclic) bond motifs is 4. The molecule has 2 heterocycles. The third-order valence-electron chi connectivity index (χ3n) is 3.32. The smallest absolute Gasteiger partial charge is 0.227 e. The molecule has 0 saturated carbocycles. The lowest BCUT2D eigenvalue weighted by Gasteiger charge is -1.95. The molecule has 0 radical (unpaired) electrons. The van der Waals surface area contributed by atoms with Gasteiger partial charge in [0.05, 0.1) is 5.52 Å². The van der Waals surface area contributed by atoms with Crippen LogP contribution in [0.4, 0.5) is 0 Å². The summed E-state index contributed by atoms with van der Waals surface area (Å²) in [5.41, 5.74) is 3.80. The molecule has 2 aromatic carbocycles. The number of hydrogen-bond donors (Lipinski definition) is 0. The van der Waals surface area contributed by atoms with Gasteiger partial charge in [0.1, 0.15) is 5.58 Å². The first kappa shape index (κ1) is 9.66. The van der Waals surface area contributed by atoms with E-state index in [1.54, 1.807) is 0 Å². The van der Waals surface area contributed by atoms with Crippen LogP contribution in [0.1, 0.15) is 5.56 Å². The monoisotopic (exact) mass is 233 g/mol. The molecule has 0 amide bonds. The fourth-order valence-corrected chi connectivity index (χ4v) is 2.41. The van der Waals surface area contributed by atoms with E-state index < -0.39 is 0 Å². The number of furan rings is 1. The minimum atomic E-state index is 0.717. The Balaban J connectivity index is 2.23. The largest absolute Gasteiger partial charge is 0.438 e. The second-order valence-corrected chi connectivity index (χ2v) is 4.64. The molecule has 86 valence electrons. The second kappa shape index (κ2) is 3.33. The standard InChI is InChI=1S/C16H11NO/c1-10-6-7-12-13-9-11-4-2-3-5-14(11)17-16(13)18-15(12)8-10/h2-9H,1H3. The van der Waals surface area contributed by atoms with Crippen LogP contribution < -0.4 is 0 Å². The van der Waals surface area contributed by atoms with Gasteiger partial charge in [0, 0.05) is 16.2 Å². The van der Waals surface area contributed by atoms with Crippen molar-refractivity contribution in [3.8, 4) is 0 Å². The summed E-state index contributed by atoms with van der Waals surface area (Å²) in [5, 5.41) is 3.37. The summed E-state index contributed by atoms with van der Waals surface area (Å²) in [6.45, 7) is 2.07. The van der Waals surface area contributed by atoms with Gasteiger partial charge in [-0.1, -0.05) is 30.3 Å². The first-order valence-electron chi connectivity index (χ1n) is 6.00. The van der Waals surface area contributed by atoms with Crippen molar-refractivity contribution in [2.45, 2.75) is 6.92 Å². The van der Waals surface area contributed by atoms with E-state index in [1.807, 2.05) is 18.2 Å². The molecular weight excluding hydrogens is 222 g/mol. The van der Waals surface area contributed by atoms with Gasteiger partial charge in [-0.25, -0.2) is 4.98 Å². The van der Waals surface area contributed by atoms with Gasteiger partial charge in [-0.2, -0.15) is 0 Å². The highest BCUT2D eigenvalue weighted by atomic mass is 16.3. The molecule has 4 rings (SSSR count). The maximum absolute atomic E-state index is 5.83. The lowest BCUT2D eigenvalue weighted by Crippen LogP contribution is -1.78. The quantitative estimate of drug-likeness (QED) is 0.448. The van der Waals surface area contributed by atoms with Gasteiger partial charge in [-0.3, -0.25) is 0 Å². The maximum atomic E-state index is 5.83. The van der Waals surface area contributed by atoms with Gasteiger partial charge in [-0.05, 0) is 30.7 Å². The van der Waals surface area contributed by atoms with Gasteiger partial charge in [0.15, 0.2) is 0 Å². The first-order valence-corrected chi connectivity index (χ1v) is 6.00. The molecular formula is C16H11NO. The minimum absolute atomic E-state index is 0.717. The molecule has 0 spiro atoms. The molecule has 18 heavy (non-hydrogen) atoms. The number of rotatable bonds is 0. The fourth-order valence-electron chi connectivity index (χ4n) is 2.41. The molecule has 0 aliphatic heterocycles. The highest BCUT2D eigenvalue weighted by Gasteiger charge is 2.09. The summed E-state index contributed by atoms with van der Waals surface area (Å²) < 4.78 is 5.83. The molecule has 0 atom stereocenters. The van der Waals surface area contributed by atoms with Gasteiger partial charge in [0.25, 0.3) is 0 Å². The van der Waals surface area contributed by atoms with Crippen LogP contribution in [0, 0.1) is 6.92 Å². The normalized spacial score (nSPS) is 11.6. The van der Waals surface area contributed by atoms with Crippen molar-refractivity contribution < 1.29 is 4.42 Å². The number of aryl methyl sites for hydroxylation is 1. The average Bonchev–Trinajstić information content (AvgIpc) is 2.72. The molecule has 0 unspecified atom stereocenters. The van der Waals surface area contributed by atoms with Crippen molar-refractivity contribution in [1.82, 2.24) is 4.98 Å². The van der Waals surface area contributed by atoms with E-state index in [0.717, 1.165) is 27.3 Å². The molecule has 0 saturated heterocycles. The average molecular weight is 233 g/mol. The van der Waals surface area contributed by atoms with Crippen LogP contribution in [0.3, 0.4) is 0 Å². The van der Waals surface area contributed by atoms with Crippen LogP contribution >= 0.6 is 0 Å². The summed E-state index contributed by atoms with van der Waals surface area (Å²) in [6, 6.07) is 16.5. The van der Waals surface area contributed by atoms with Crippen LogP contribution in [0.2, 0.25) is 0 Å². The van der Waals surface area contributed by atoms with Crippen LogP contribution in [-0.4, -0.2) is 4.98 Å². The number of hydrogen-bond acceptors (Lipinski definition) is 2. The van der Waals surface area contributed by atoms with Crippen molar-refractivity contribution in [2.24, 2.45) is 0 Å². The first-order chi connectivity index (χ1) is 8.81. The molecule has 0 N–H and O–H groups in total. The molecule has 2 aromatic heterocycles. The van der Waals surface area contributed by atoms with E-state index in [2.05, 4.69) is 42.2 Å². The molecule has 4 aromatic rings. The molecule has 0 fully saturated rings. The Bertz CT molecular complexity index is 889. The van der Waals surface area contributed by atoms with E-state index >= 15 is 0 Å². The highest BCUT2D eigenvalue weighted by molar-refractivity contribution is 6.07. The highest BCUT2D eigenvalue weighted by Crippen LogP contribution is 2.30. The third kappa shape index (κ3) is 1.26. The number of para-hydroxylation sites is 1. The van der Waals surface area contributed by atoms with Gasteiger partial charge in [0.2, 0.25) is 5.71 Å². The lowest BCUT2D eigenvalue weighted by molar-refractivity contribution is 0.655. The Hall–Kier alpha value is -2.35. The third-order valence-corrected chi connectivity index (χ3v) is 3.32. The number of nitrogens with zero attached hydrogens (tertiary/aromatic N) is 1. The zero-order valence-electron chi connectivity index (χ0n) is 9.97. The Morgan fingerprint density at radius 2 is 1.83 bits per heavy atom. The van der Waals surface area contributed by atoms with E-state index in [-0.39, 0.29) is 0 Å². The Morgan fingerprint density at radius 3 is 2.78 bits per heavy atom. The van der Waals surface area contributed by atoms with Crippen LogP contribution in [0.25, 0.3) is 33.0 Å². The second-order valence-electron chi connectivity index (χ2n) is 4.64. The summed E-state index contributed by atoms with van der Waals surface area (Å²) in [4.78, 5) is 4.58. The molecule has 2 nitrogen and oxygen atoms in total. The van der Waals surface area contributed by atoms with Gasteiger partial charge >= 0.3 is 0 Å². The lowest BCUT2D eigenvalue weighted by atomic mass is 10.1. The van der Waals surface area contributed by atoms with E-state index in [9.17, 15) is 0 Å². The zero-order chi connectivity index (χ0) is 12.1. The van der Waals surface area contributed by atoms with Crippen LogP contribution in [-0.2, 0) is 0 Å². The van der Waals surface area contributed by atoms with Crippen LogP contribution in [0.15, 0.2) is 52.9 Å². The summed E-state index contributed by atoms with van der Waals surface area (Å²) in [5.74, 6) is 0. The molecule has 0 bridgehead atoms. The minimum Gasteiger partial charge on any atom is -0.438 e. The zero-order valence-corrected chi connectivity index (χ0v) is 9.97. The maximum Gasteiger partial charge on any atom is 0.227 e. The van der Waals surface area contributed by atoms with E-state index in [4.69, 9.17) is 4.42 Å². The van der Waals surface area contributed by atoms with Gasteiger partial charge < -0.3 is 4.42 Å². The Kier molecular flexibility index (Phi) is 1.78. The summed E-state index contributed by atoms with van der Waals surface area (Å²) >= 11 is 0. The topological polar surface area (TPSA) is 26.0 Å². The van der Waals surface area contributed by atoms with Crippen molar-refractivity contribution >= 4 is 33.0 Å². The van der Waals surface area contributed by atoms with Crippen LogP contribution in [0.5, 0.6) is 0 Å². The summed E-state index contributed by atoms with van der Waals surface area (Å²) in [7, 11) is 0. The van der Waals surface area contributed by atoms with Crippen molar-refractivity contribution in [1.29, 1.82) is 0 Å². The number of aromatic nitrogens is 1. The SMILES string of the molecule is Cc1ccc2c(c1)oc1nc3ccccc3cc12. The molecule has 0 aliphatic rings. The number of pyridine rings is 1. The van der Waals surface area contributed by atoms with Crippen molar-refractivity contribution in [2.75, 3.05) is 0 Å². The number of benzene rings is 2. The Morgan fingerprint density at radius 1 is 0.944 bits per heavy atom. The predicted molar refractivity (Wildman–Crippen MR) is 73.8 cm³/mol. The van der Waals surface area contributed by atoms with E-state index in [1.165, 1.54) is 5.56 Å².